The average Bonchev–Trinajstić information content (AvgIpc) is 3.65. The zero-order chi connectivity index (χ0) is 45.8. The third-order valence-electron chi connectivity index (χ3n) is 13.4. The molecule has 0 aliphatic heterocycles. The summed E-state index contributed by atoms with van der Waals surface area (Å²) in [5.41, 5.74) is 27.0. The number of fused-ring (bicyclic) bond motifs is 4. The lowest BCUT2D eigenvalue weighted by molar-refractivity contribution is 1.38. The molecule has 322 valence electrons. The maximum atomic E-state index is 2.37. The Balaban J connectivity index is 0.829. The van der Waals surface area contributed by atoms with E-state index in [4.69, 9.17) is 0 Å². The Kier molecular flexibility index (Phi) is 11.6. The molecule has 0 spiro atoms. The molecule has 0 amide bonds. The standard InChI is InChI=1S/C68H50/c1-47-43-66(60-22-10-4-16-54(60)38-36-50-29-33-52(34-30-50)46-68-63-25-13-7-19-57(63)41-42-58-20-8-14-26-64(58)68)48(2)44-65(47)59-21-9-3-15-53(59)37-35-49-27-31-51(32-28-49)45-67-61-23-11-5-17-55(61)39-40-56-18-6-12-24-62(56)67/h3-46H,1-2H3. The molecule has 0 saturated carbocycles. The van der Waals surface area contributed by atoms with Crippen molar-refractivity contribution in [2.75, 3.05) is 0 Å². The van der Waals surface area contributed by atoms with Crippen LogP contribution in [-0.4, -0.2) is 0 Å². The van der Waals surface area contributed by atoms with Crippen LogP contribution >= 0.6 is 0 Å². The quantitative estimate of drug-likeness (QED) is 0.134. The first kappa shape index (κ1) is 42.1. The Morgan fingerprint density at radius 2 is 0.529 bits per heavy atom. The molecule has 0 fully saturated rings. The van der Waals surface area contributed by atoms with E-state index in [1.165, 1.54) is 111 Å². The molecule has 2 aliphatic carbocycles. The molecular formula is C68H50. The molecule has 0 radical (unpaired) electrons. The van der Waals surface area contributed by atoms with Crippen molar-refractivity contribution < 1.29 is 0 Å². The minimum Gasteiger partial charge on any atom is -0.0616 e. The highest BCUT2D eigenvalue weighted by molar-refractivity contribution is 6.01. The van der Waals surface area contributed by atoms with Gasteiger partial charge in [-0.2, -0.15) is 0 Å². The first-order valence-corrected chi connectivity index (χ1v) is 23.6. The van der Waals surface area contributed by atoms with Gasteiger partial charge in [0.05, 0.1) is 0 Å². The molecule has 9 aromatic carbocycles. The number of rotatable bonds is 8. The Bertz CT molecular complexity index is 3200. The largest absolute Gasteiger partial charge is 0.0616 e. The molecule has 68 heavy (non-hydrogen) atoms. The molecular weight excluding hydrogens is 817 g/mol. The third kappa shape index (κ3) is 8.64. The Morgan fingerprint density at radius 3 is 0.868 bits per heavy atom. The van der Waals surface area contributed by atoms with Crippen LogP contribution in [0.5, 0.6) is 0 Å². The van der Waals surface area contributed by atoms with Crippen molar-refractivity contribution in [2.24, 2.45) is 0 Å². The van der Waals surface area contributed by atoms with Gasteiger partial charge in [0.2, 0.25) is 0 Å². The lowest BCUT2D eigenvalue weighted by Gasteiger charge is -2.16. The van der Waals surface area contributed by atoms with Gasteiger partial charge in [0.15, 0.2) is 0 Å². The molecule has 0 saturated heterocycles. The van der Waals surface area contributed by atoms with Crippen LogP contribution in [0.15, 0.2) is 206 Å². The van der Waals surface area contributed by atoms with Gasteiger partial charge in [-0.15, -0.1) is 0 Å². The van der Waals surface area contributed by atoms with Gasteiger partial charge in [0.25, 0.3) is 0 Å². The van der Waals surface area contributed by atoms with Crippen molar-refractivity contribution in [3.63, 3.8) is 0 Å². The zero-order valence-corrected chi connectivity index (χ0v) is 38.4. The zero-order valence-electron chi connectivity index (χ0n) is 38.4. The minimum absolute atomic E-state index is 1.16. The van der Waals surface area contributed by atoms with E-state index in [9.17, 15) is 0 Å². The number of aryl methyl sites for hydroxylation is 2. The molecule has 0 atom stereocenters. The second kappa shape index (κ2) is 18.7. The summed E-state index contributed by atoms with van der Waals surface area (Å²) in [6.07, 6.45) is 22.5. The van der Waals surface area contributed by atoms with E-state index in [0.717, 1.165) is 11.1 Å². The predicted octanol–water partition coefficient (Wildman–Crippen LogP) is 18.1. The molecule has 0 aromatic heterocycles. The van der Waals surface area contributed by atoms with E-state index in [-0.39, 0.29) is 0 Å². The molecule has 9 aromatic rings. The molecule has 0 heteroatoms. The lowest BCUT2D eigenvalue weighted by atomic mass is 9.88. The van der Waals surface area contributed by atoms with Crippen LogP contribution in [0.2, 0.25) is 0 Å². The second-order valence-corrected chi connectivity index (χ2v) is 17.8. The van der Waals surface area contributed by atoms with Crippen molar-refractivity contribution >= 4 is 71.9 Å². The minimum atomic E-state index is 1.16. The summed E-state index contributed by atoms with van der Waals surface area (Å²) in [7, 11) is 0. The fourth-order valence-electron chi connectivity index (χ4n) is 9.79. The highest BCUT2D eigenvalue weighted by atomic mass is 14.2. The number of hydrogen-bond donors (Lipinski definition) is 0. The van der Waals surface area contributed by atoms with Crippen LogP contribution in [-0.2, 0) is 0 Å². The van der Waals surface area contributed by atoms with Crippen molar-refractivity contribution in [3.05, 3.63) is 295 Å². The van der Waals surface area contributed by atoms with Crippen LogP contribution in [0, 0.1) is 13.8 Å². The van der Waals surface area contributed by atoms with Gasteiger partial charge in [-0.3, -0.25) is 0 Å². The summed E-state index contributed by atoms with van der Waals surface area (Å²) in [5, 5.41) is 0. The van der Waals surface area contributed by atoms with Gasteiger partial charge in [0, 0.05) is 0 Å². The van der Waals surface area contributed by atoms with Gasteiger partial charge in [-0.25, -0.2) is 0 Å². The van der Waals surface area contributed by atoms with E-state index in [1.807, 2.05) is 0 Å². The summed E-state index contributed by atoms with van der Waals surface area (Å²) in [4.78, 5) is 0. The van der Waals surface area contributed by atoms with Crippen molar-refractivity contribution in [2.45, 2.75) is 13.8 Å². The summed E-state index contributed by atoms with van der Waals surface area (Å²) in [6, 6.07) is 74.7. The monoisotopic (exact) mass is 866 g/mol. The Labute approximate surface area is 401 Å². The van der Waals surface area contributed by atoms with Crippen molar-refractivity contribution in [1.82, 2.24) is 0 Å². The van der Waals surface area contributed by atoms with Gasteiger partial charge < -0.3 is 0 Å². The third-order valence-corrected chi connectivity index (χ3v) is 13.4. The SMILES string of the molecule is Cc1cc(-c2ccccc2C=Cc2ccc(C=C3c4ccccc4C=Cc4ccccc43)cc2)c(C)cc1-c1ccccc1C=Cc1ccc(C=C2c3ccccc3C=Cc3ccccc32)cc1. The van der Waals surface area contributed by atoms with Gasteiger partial charge >= 0.3 is 0 Å². The molecule has 0 nitrogen and oxygen atoms in total. The van der Waals surface area contributed by atoms with E-state index in [1.54, 1.807) is 0 Å². The fraction of sp³-hybridized carbons (Fsp3) is 0.0294. The molecule has 0 heterocycles. The summed E-state index contributed by atoms with van der Waals surface area (Å²) >= 11 is 0. The average molecular weight is 867 g/mol. The predicted molar refractivity (Wildman–Crippen MR) is 295 cm³/mol. The number of benzene rings is 9. The topological polar surface area (TPSA) is 0 Å². The van der Waals surface area contributed by atoms with E-state index < -0.39 is 0 Å². The highest BCUT2D eigenvalue weighted by Crippen LogP contribution is 2.39. The molecule has 0 N–H and O–H groups in total. The van der Waals surface area contributed by atoms with Crippen molar-refractivity contribution in [1.29, 1.82) is 0 Å². The summed E-state index contributed by atoms with van der Waals surface area (Å²) < 4.78 is 0. The van der Waals surface area contributed by atoms with Gasteiger partial charge in [0.1, 0.15) is 0 Å². The van der Waals surface area contributed by atoms with Gasteiger partial charge in [-0.1, -0.05) is 255 Å². The normalized spacial score (nSPS) is 12.6. The fourth-order valence-corrected chi connectivity index (χ4v) is 9.79. The molecule has 11 rings (SSSR count). The van der Waals surface area contributed by atoms with Crippen LogP contribution in [0.3, 0.4) is 0 Å². The van der Waals surface area contributed by atoms with E-state index in [2.05, 4.69) is 281 Å². The van der Waals surface area contributed by atoms with Crippen molar-refractivity contribution in [3.8, 4) is 22.3 Å². The maximum absolute atomic E-state index is 2.37. The maximum Gasteiger partial charge on any atom is -0.00934 e. The summed E-state index contributed by atoms with van der Waals surface area (Å²) in [6.45, 7) is 4.48. The smallest absolute Gasteiger partial charge is 0.00934 e. The second-order valence-electron chi connectivity index (χ2n) is 17.8. The van der Waals surface area contributed by atoms with Crippen LogP contribution in [0.4, 0.5) is 0 Å². The van der Waals surface area contributed by atoms with Crippen LogP contribution in [0.25, 0.3) is 94.2 Å². The van der Waals surface area contributed by atoms with Gasteiger partial charge in [-0.05, 0) is 148 Å². The first-order chi connectivity index (χ1) is 33.5. The molecule has 0 bridgehead atoms. The Hall–Kier alpha value is -8.58. The number of hydrogen-bond acceptors (Lipinski definition) is 0. The Morgan fingerprint density at radius 1 is 0.250 bits per heavy atom. The molecule has 0 unspecified atom stereocenters. The van der Waals surface area contributed by atoms with Crippen LogP contribution < -0.4 is 0 Å². The highest BCUT2D eigenvalue weighted by Gasteiger charge is 2.17. The summed E-state index contributed by atoms with van der Waals surface area (Å²) in [5.74, 6) is 0. The molecule has 2 aliphatic rings. The van der Waals surface area contributed by atoms with E-state index in [0.29, 0.717) is 0 Å². The lowest BCUT2D eigenvalue weighted by Crippen LogP contribution is -1.93. The van der Waals surface area contributed by atoms with Crippen LogP contribution in [0.1, 0.15) is 89.0 Å². The first-order valence-electron chi connectivity index (χ1n) is 23.6. The van der Waals surface area contributed by atoms with E-state index >= 15 is 0 Å².